The molecule has 0 saturated carbocycles. The highest BCUT2D eigenvalue weighted by Gasteiger charge is 2.36. The summed E-state index contributed by atoms with van der Waals surface area (Å²) in [5, 5.41) is 8.76. The summed E-state index contributed by atoms with van der Waals surface area (Å²) in [7, 11) is 1.55. The van der Waals surface area contributed by atoms with Crippen molar-refractivity contribution in [3.63, 3.8) is 0 Å². The summed E-state index contributed by atoms with van der Waals surface area (Å²) in [4.78, 5) is 28.6. The van der Waals surface area contributed by atoms with Crippen molar-refractivity contribution in [1.29, 1.82) is 0 Å². The van der Waals surface area contributed by atoms with Crippen LogP contribution >= 0.6 is 0 Å². The van der Waals surface area contributed by atoms with Gasteiger partial charge in [-0.05, 0) is 26.3 Å². The van der Waals surface area contributed by atoms with Crippen LogP contribution < -0.4 is 0 Å². The van der Waals surface area contributed by atoms with Gasteiger partial charge in [-0.3, -0.25) is 9.69 Å². The number of aliphatic carboxylic acids is 1. The molecule has 2 rings (SSSR count). The minimum atomic E-state index is -0.972. The first-order valence-corrected chi connectivity index (χ1v) is 6.96. The summed E-state index contributed by atoms with van der Waals surface area (Å²) in [6, 6.07) is 0.436. The molecule has 1 N–H and O–H groups in total. The van der Waals surface area contributed by atoms with Crippen molar-refractivity contribution < 1.29 is 14.7 Å². The van der Waals surface area contributed by atoms with Crippen molar-refractivity contribution >= 4 is 12.0 Å². The molecule has 108 valence electrons. The lowest BCUT2D eigenvalue weighted by Crippen LogP contribution is -2.62. The van der Waals surface area contributed by atoms with E-state index >= 15 is 0 Å². The largest absolute Gasteiger partial charge is 0.480 e. The Bertz CT molecular complexity index is 361. The van der Waals surface area contributed by atoms with E-state index in [4.69, 9.17) is 5.11 Å². The first-order chi connectivity index (χ1) is 8.99. The number of likely N-dealkylation sites (N-methyl/N-ethyl adjacent to an activating group) is 1. The number of carboxylic acid groups (broad SMARTS) is 1. The maximum absolute atomic E-state index is 12.3. The average molecular weight is 269 g/mol. The standard InChI is InChI=1S/C13H23N3O3/c1-10-7-15-6-4-3-5-11(15)8-16(10)13(19)14(2)9-12(17)18/h10-11H,3-9H2,1-2H3,(H,17,18). The second kappa shape index (κ2) is 5.77. The van der Waals surface area contributed by atoms with E-state index in [1.165, 1.54) is 17.7 Å². The van der Waals surface area contributed by atoms with E-state index in [-0.39, 0.29) is 18.6 Å². The predicted molar refractivity (Wildman–Crippen MR) is 71.0 cm³/mol. The smallest absolute Gasteiger partial charge is 0.323 e. The fourth-order valence-electron chi connectivity index (χ4n) is 3.11. The van der Waals surface area contributed by atoms with Gasteiger partial charge < -0.3 is 14.9 Å². The molecule has 6 heteroatoms. The second-order valence-electron chi connectivity index (χ2n) is 5.68. The molecule has 2 unspecified atom stereocenters. The van der Waals surface area contributed by atoms with E-state index in [0.29, 0.717) is 6.04 Å². The maximum atomic E-state index is 12.3. The zero-order valence-electron chi connectivity index (χ0n) is 11.7. The van der Waals surface area contributed by atoms with Crippen LogP contribution in [0.15, 0.2) is 0 Å². The number of rotatable bonds is 2. The zero-order chi connectivity index (χ0) is 14.0. The van der Waals surface area contributed by atoms with Crippen LogP contribution in [0.5, 0.6) is 0 Å². The molecule has 0 spiro atoms. The topological polar surface area (TPSA) is 64.1 Å². The molecule has 2 atom stereocenters. The third-order valence-corrected chi connectivity index (χ3v) is 4.13. The molecule has 2 amide bonds. The molecule has 2 aliphatic heterocycles. The van der Waals surface area contributed by atoms with Crippen molar-refractivity contribution in [3.05, 3.63) is 0 Å². The summed E-state index contributed by atoms with van der Waals surface area (Å²) in [5.41, 5.74) is 0. The van der Waals surface area contributed by atoms with Crippen LogP contribution in [-0.2, 0) is 4.79 Å². The van der Waals surface area contributed by atoms with E-state index in [1.807, 2.05) is 11.8 Å². The van der Waals surface area contributed by atoms with Crippen LogP contribution in [0.4, 0.5) is 4.79 Å². The first-order valence-electron chi connectivity index (χ1n) is 6.96. The van der Waals surface area contributed by atoms with Gasteiger partial charge >= 0.3 is 12.0 Å². The van der Waals surface area contributed by atoms with Gasteiger partial charge in [-0.1, -0.05) is 6.42 Å². The molecule has 0 aromatic carbocycles. The van der Waals surface area contributed by atoms with Crippen molar-refractivity contribution in [3.8, 4) is 0 Å². The monoisotopic (exact) mass is 269 g/mol. The van der Waals surface area contributed by atoms with E-state index < -0.39 is 5.97 Å². The summed E-state index contributed by atoms with van der Waals surface area (Å²) >= 11 is 0. The Morgan fingerprint density at radius 3 is 2.74 bits per heavy atom. The Kier molecular flexibility index (Phi) is 4.29. The van der Waals surface area contributed by atoms with Crippen LogP contribution in [0, 0.1) is 0 Å². The highest BCUT2D eigenvalue weighted by molar-refractivity contribution is 5.80. The van der Waals surface area contributed by atoms with Crippen molar-refractivity contribution in [2.75, 3.05) is 33.2 Å². The van der Waals surface area contributed by atoms with Crippen LogP contribution in [0.25, 0.3) is 0 Å². The first kappa shape index (κ1) is 14.1. The molecule has 19 heavy (non-hydrogen) atoms. The number of piperazine rings is 1. The minimum Gasteiger partial charge on any atom is -0.480 e. The summed E-state index contributed by atoms with van der Waals surface area (Å²) in [5.74, 6) is -0.972. The van der Waals surface area contributed by atoms with Gasteiger partial charge in [0.25, 0.3) is 0 Å². The minimum absolute atomic E-state index is 0.151. The van der Waals surface area contributed by atoms with Gasteiger partial charge in [0.05, 0.1) is 0 Å². The number of hydrogen-bond acceptors (Lipinski definition) is 3. The average Bonchev–Trinajstić information content (AvgIpc) is 2.36. The molecular formula is C13H23N3O3. The summed E-state index contributed by atoms with van der Waals surface area (Å²) in [6.45, 7) is 4.55. The van der Waals surface area contributed by atoms with E-state index in [1.54, 1.807) is 7.05 Å². The maximum Gasteiger partial charge on any atom is 0.323 e. The van der Waals surface area contributed by atoms with Crippen LogP contribution in [0.2, 0.25) is 0 Å². The molecule has 2 aliphatic rings. The summed E-state index contributed by atoms with van der Waals surface area (Å²) < 4.78 is 0. The van der Waals surface area contributed by atoms with E-state index in [9.17, 15) is 9.59 Å². The number of hydrogen-bond donors (Lipinski definition) is 1. The molecule has 0 radical (unpaired) electrons. The molecule has 0 aromatic heterocycles. The van der Waals surface area contributed by atoms with Crippen molar-refractivity contribution in [2.45, 2.75) is 38.3 Å². The number of carbonyl (C=O) groups excluding carboxylic acids is 1. The number of carboxylic acids is 1. The Morgan fingerprint density at radius 1 is 1.32 bits per heavy atom. The molecule has 6 nitrogen and oxygen atoms in total. The van der Waals surface area contributed by atoms with Crippen LogP contribution in [-0.4, -0.2) is 77.1 Å². The second-order valence-corrected chi connectivity index (χ2v) is 5.68. The van der Waals surface area contributed by atoms with Crippen LogP contribution in [0.3, 0.4) is 0 Å². The highest BCUT2D eigenvalue weighted by atomic mass is 16.4. The van der Waals surface area contributed by atoms with E-state index in [0.717, 1.165) is 26.1 Å². The number of amides is 2. The number of piperidine rings is 1. The quantitative estimate of drug-likeness (QED) is 0.801. The van der Waals surface area contributed by atoms with Gasteiger partial charge in [0, 0.05) is 32.2 Å². The predicted octanol–water partition coefficient (Wildman–Crippen LogP) is 0.681. The molecule has 0 aromatic rings. The molecule has 0 bridgehead atoms. The Morgan fingerprint density at radius 2 is 2.05 bits per heavy atom. The third kappa shape index (κ3) is 3.18. The van der Waals surface area contributed by atoms with E-state index in [2.05, 4.69) is 4.90 Å². The fourth-order valence-corrected chi connectivity index (χ4v) is 3.11. The van der Waals surface area contributed by atoms with Gasteiger partial charge in [-0.15, -0.1) is 0 Å². The van der Waals surface area contributed by atoms with Crippen LogP contribution in [0.1, 0.15) is 26.2 Å². The Balaban J connectivity index is 1.99. The molecule has 2 saturated heterocycles. The van der Waals surface area contributed by atoms with Gasteiger partial charge in [0.1, 0.15) is 6.54 Å². The van der Waals surface area contributed by atoms with Crippen molar-refractivity contribution in [2.24, 2.45) is 0 Å². The number of urea groups is 1. The number of fused-ring (bicyclic) bond motifs is 1. The lowest BCUT2D eigenvalue weighted by molar-refractivity contribution is -0.137. The fraction of sp³-hybridized carbons (Fsp3) is 0.846. The number of nitrogens with zero attached hydrogens (tertiary/aromatic N) is 3. The van der Waals surface area contributed by atoms with Gasteiger partial charge in [-0.25, -0.2) is 4.79 Å². The lowest BCUT2D eigenvalue weighted by Gasteiger charge is -2.48. The Labute approximate surface area is 114 Å². The van der Waals surface area contributed by atoms with Gasteiger partial charge in [-0.2, -0.15) is 0 Å². The number of carbonyl (C=O) groups is 2. The molecule has 2 heterocycles. The lowest BCUT2D eigenvalue weighted by atomic mass is 9.97. The zero-order valence-corrected chi connectivity index (χ0v) is 11.7. The highest BCUT2D eigenvalue weighted by Crippen LogP contribution is 2.24. The molecule has 2 fully saturated rings. The Hall–Kier alpha value is -1.30. The van der Waals surface area contributed by atoms with Gasteiger partial charge in [0.2, 0.25) is 0 Å². The normalized spacial score (nSPS) is 27.8. The third-order valence-electron chi connectivity index (χ3n) is 4.13. The molecule has 0 aliphatic carbocycles. The van der Waals surface area contributed by atoms with Crippen molar-refractivity contribution in [1.82, 2.24) is 14.7 Å². The molecular weight excluding hydrogens is 246 g/mol. The summed E-state index contributed by atoms with van der Waals surface area (Å²) in [6.07, 6.45) is 3.61. The van der Waals surface area contributed by atoms with Gasteiger partial charge in [0.15, 0.2) is 0 Å². The SMILES string of the molecule is CC1CN2CCCCC2CN1C(=O)N(C)CC(=O)O.